The van der Waals surface area contributed by atoms with Gasteiger partial charge in [0.1, 0.15) is 0 Å². The van der Waals surface area contributed by atoms with Gasteiger partial charge in [0.05, 0.1) is 6.04 Å². The Hall–Kier alpha value is -1.95. The first-order chi connectivity index (χ1) is 13.4. The maximum Gasteiger partial charge on any atom is 0.171 e. The molecule has 0 amide bonds. The molecule has 1 aliphatic rings. The van der Waals surface area contributed by atoms with Crippen LogP contribution in [-0.4, -0.2) is 54.2 Å². The molecule has 0 bridgehead atoms. The quantitative estimate of drug-likeness (QED) is 0.747. The van der Waals surface area contributed by atoms with Crippen molar-refractivity contribution in [2.24, 2.45) is 0 Å². The van der Waals surface area contributed by atoms with Crippen LogP contribution in [0.1, 0.15) is 29.7 Å². The minimum absolute atomic E-state index is 0.191. The molecule has 0 aromatic heterocycles. The van der Waals surface area contributed by atoms with Crippen molar-refractivity contribution in [1.82, 2.24) is 15.1 Å². The number of thiocarbonyl (C=S) groups is 1. The molecule has 150 valence electrons. The predicted molar refractivity (Wildman–Crippen MR) is 123 cm³/mol. The van der Waals surface area contributed by atoms with Gasteiger partial charge in [-0.05, 0) is 62.8 Å². The Bertz CT molecular complexity index is 784. The van der Waals surface area contributed by atoms with Crippen molar-refractivity contribution in [2.75, 3.05) is 38.5 Å². The summed E-state index contributed by atoms with van der Waals surface area (Å²) < 4.78 is 0. The fraction of sp³-hybridized carbons (Fsp3) is 0.435. The molecule has 1 heterocycles. The number of aryl methyl sites for hydroxylation is 2. The molecule has 2 aromatic rings. The fourth-order valence-corrected chi connectivity index (χ4v) is 4.18. The third kappa shape index (κ3) is 5.31. The number of piperazine rings is 1. The number of nitrogens with zero attached hydrogens (tertiary/aromatic N) is 2. The third-order valence-corrected chi connectivity index (χ3v) is 5.77. The summed E-state index contributed by atoms with van der Waals surface area (Å²) in [5, 5.41) is 7.62. The van der Waals surface area contributed by atoms with Crippen molar-refractivity contribution in [1.29, 1.82) is 0 Å². The maximum absolute atomic E-state index is 5.66. The molecule has 2 atom stereocenters. The van der Waals surface area contributed by atoms with Crippen LogP contribution in [0.5, 0.6) is 0 Å². The van der Waals surface area contributed by atoms with Crippen LogP contribution >= 0.6 is 12.2 Å². The summed E-state index contributed by atoms with van der Waals surface area (Å²) in [6.45, 7) is 10.8. The number of anilines is 1. The zero-order valence-corrected chi connectivity index (χ0v) is 18.2. The number of benzene rings is 2. The van der Waals surface area contributed by atoms with Gasteiger partial charge in [-0.3, -0.25) is 4.90 Å². The Balaban J connectivity index is 1.72. The summed E-state index contributed by atoms with van der Waals surface area (Å²) in [7, 11) is 2.19. The Morgan fingerprint density at radius 1 is 1.00 bits per heavy atom. The van der Waals surface area contributed by atoms with Crippen LogP contribution in [0.3, 0.4) is 0 Å². The standard InChI is InChI=1S/C23H32N4S/c1-17-10-11-18(2)21(16-17)25-23(28)24-19(3)22(20-8-6-5-7-9-20)27-14-12-26(4)13-15-27/h5-11,16,19,22H,12-15H2,1-4H3,(H2,24,25,28)/t19-,22+/m0/s1. The maximum atomic E-state index is 5.66. The first kappa shape index (κ1) is 20.8. The van der Waals surface area contributed by atoms with Gasteiger partial charge in [-0.15, -0.1) is 0 Å². The minimum atomic E-state index is 0.191. The monoisotopic (exact) mass is 396 g/mol. The van der Waals surface area contributed by atoms with Gasteiger partial charge in [-0.1, -0.05) is 42.5 Å². The van der Waals surface area contributed by atoms with E-state index in [4.69, 9.17) is 12.2 Å². The van der Waals surface area contributed by atoms with E-state index in [1.165, 1.54) is 16.7 Å². The number of hydrogen-bond donors (Lipinski definition) is 2. The molecule has 0 saturated carbocycles. The van der Waals surface area contributed by atoms with Crippen LogP contribution in [0, 0.1) is 13.8 Å². The van der Waals surface area contributed by atoms with E-state index in [1.807, 2.05) is 0 Å². The van der Waals surface area contributed by atoms with Gasteiger partial charge in [-0.25, -0.2) is 0 Å². The molecular weight excluding hydrogens is 364 g/mol. The fourth-order valence-electron chi connectivity index (χ4n) is 3.88. The molecule has 0 unspecified atom stereocenters. The topological polar surface area (TPSA) is 30.5 Å². The van der Waals surface area contributed by atoms with Crippen molar-refractivity contribution in [3.8, 4) is 0 Å². The van der Waals surface area contributed by atoms with E-state index in [-0.39, 0.29) is 12.1 Å². The first-order valence-electron chi connectivity index (χ1n) is 10.1. The van der Waals surface area contributed by atoms with Crippen LogP contribution in [-0.2, 0) is 0 Å². The second kappa shape index (κ2) is 9.50. The van der Waals surface area contributed by atoms with Gasteiger partial charge in [0, 0.05) is 37.9 Å². The molecule has 0 aliphatic carbocycles. The molecule has 0 radical (unpaired) electrons. The van der Waals surface area contributed by atoms with Crippen LogP contribution in [0.15, 0.2) is 48.5 Å². The van der Waals surface area contributed by atoms with Gasteiger partial charge in [-0.2, -0.15) is 0 Å². The highest BCUT2D eigenvalue weighted by Gasteiger charge is 2.28. The highest BCUT2D eigenvalue weighted by atomic mass is 32.1. The molecular formula is C23H32N4S. The summed E-state index contributed by atoms with van der Waals surface area (Å²) in [6.07, 6.45) is 0. The van der Waals surface area contributed by atoms with Crippen LogP contribution in [0.4, 0.5) is 5.69 Å². The minimum Gasteiger partial charge on any atom is -0.358 e. The van der Waals surface area contributed by atoms with Gasteiger partial charge >= 0.3 is 0 Å². The second-order valence-electron chi connectivity index (χ2n) is 7.90. The number of rotatable bonds is 5. The van der Waals surface area contributed by atoms with Crippen molar-refractivity contribution in [2.45, 2.75) is 32.9 Å². The lowest BCUT2D eigenvalue weighted by Gasteiger charge is -2.41. The first-order valence-corrected chi connectivity index (χ1v) is 10.5. The van der Waals surface area contributed by atoms with Crippen molar-refractivity contribution in [3.05, 3.63) is 65.2 Å². The normalized spacial score (nSPS) is 17.7. The summed E-state index contributed by atoms with van der Waals surface area (Å²) in [5.74, 6) is 0. The highest BCUT2D eigenvalue weighted by Crippen LogP contribution is 2.26. The lowest BCUT2D eigenvalue weighted by molar-refractivity contribution is 0.0973. The molecule has 4 nitrogen and oxygen atoms in total. The van der Waals surface area contributed by atoms with Gasteiger partial charge in [0.25, 0.3) is 0 Å². The van der Waals surface area contributed by atoms with Gasteiger partial charge in [0.15, 0.2) is 5.11 Å². The lowest BCUT2D eigenvalue weighted by Crippen LogP contribution is -2.52. The second-order valence-corrected chi connectivity index (χ2v) is 8.31. The van der Waals surface area contributed by atoms with Crippen LogP contribution in [0.2, 0.25) is 0 Å². The number of hydrogen-bond acceptors (Lipinski definition) is 3. The lowest BCUT2D eigenvalue weighted by atomic mass is 9.98. The van der Waals surface area contributed by atoms with E-state index in [0.717, 1.165) is 31.9 Å². The van der Waals surface area contributed by atoms with Gasteiger partial charge in [0.2, 0.25) is 0 Å². The Labute approximate surface area is 174 Å². The third-order valence-electron chi connectivity index (χ3n) is 5.55. The van der Waals surface area contributed by atoms with Crippen molar-refractivity contribution >= 4 is 23.0 Å². The molecule has 2 N–H and O–H groups in total. The molecule has 28 heavy (non-hydrogen) atoms. The summed E-state index contributed by atoms with van der Waals surface area (Å²) >= 11 is 5.66. The van der Waals surface area contributed by atoms with E-state index in [1.54, 1.807) is 0 Å². The molecule has 1 fully saturated rings. The molecule has 5 heteroatoms. The van der Waals surface area contributed by atoms with E-state index < -0.39 is 0 Å². The predicted octanol–water partition coefficient (Wildman–Crippen LogP) is 3.97. The zero-order valence-electron chi connectivity index (χ0n) is 17.4. The average Bonchev–Trinajstić information content (AvgIpc) is 2.67. The highest BCUT2D eigenvalue weighted by molar-refractivity contribution is 7.80. The Morgan fingerprint density at radius 3 is 2.36 bits per heavy atom. The van der Waals surface area contributed by atoms with E-state index in [2.05, 4.69) is 96.8 Å². The molecule has 1 aliphatic heterocycles. The Kier molecular flexibility index (Phi) is 7.05. The number of likely N-dealkylation sites (N-methyl/N-ethyl adjacent to an activating group) is 1. The van der Waals surface area contributed by atoms with Crippen molar-refractivity contribution in [3.63, 3.8) is 0 Å². The summed E-state index contributed by atoms with van der Waals surface area (Å²) in [6, 6.07) is 17.6. The molecule has 0 spiro atoms. The Morgan fingerprint density at radius 2 is 1.68 bits per heavy atom. The average molecular weight is 397 g/mol. The smallest absolute Gasteiger partial charge is 0.171 e. The molecule has 3 rings (SSSR count). The van der Waals surface area contributed by atoms with Crippen LogP contribution < -0.4 is 10.6 Å². The van der Waals surface area contributed by atoms with Crippen LogP contribution in [0.25, 0.3) is 0 Å². The molecule has 2 aromatic carbocycles. The summed E-state index contributed by atoms with van der Waals surface area (Å²) in [4.78, 5) is 4.97. The largest absolute Gasteiger partial charge is 0.358 e. The van der Waals surface area contributed by atoms with E-state index in [9.17, 15) is 0 Å². The summed E-state index contributed by atoms with van der Waals surface area (Å²) in [5.41, 5.74) is 4.83. The van der Waals surface area contributed by atoms with E-state index in [0.29, 0.717) is 5.11 Å². The van der Waals surface area contributed by atoms with Crippen molar-refractivity contribution < 1.29 is 0 Å². The molecule has 1 saturated heterocycles. The van der Waals surface area contributed by atoms with Gasteiger partial charge < -0.3 is 15.5 Å². The van der Waals surface area contributed by atoms with E-state index >= 15 is 0 Å². The number of nitrogens with one attached hydrogen (secondary N) is 2. The zero-order chi connectivity index (χ0) is 20.1. The SMILES string of the molecule is Cc1ccc(C)c(NC(=S)N[C@@H](C)[C@H](c2ccccc2)N2CCN(C)CC2)c1.